The normalized spacial score (nSPS) is 15.8. The Morgan fingerprint density at radius 3 is 2.39 bits per heavy atom. The number of aliphatic hydroxyl groups excluding tert-OH is 1. The van der Waals surface area contributed by atoms with Gasteiger partial charge < -0.3 is 9.84 Å². The minimum atomic E-state index is -0.773. The summed E-state index contributed by atoms with van der Waals surface area (Å²) in [5.41, 5.74) is 3.17. The summed E-state index contributed by atoms with van der Waals surface area (Å²) in [6, 6.07) is 21.2. The molecule has 168 valence electrons. The molecular formula is C27H24ClNO4. The Morgan fingerprint density at radius 1 is 1.06 bits per heavy atom. The summed E-state index contributed by atoms with van der Waals surface area (Å²) in [6.45, 7) is 1.87. The Bertz CT molecular complexity index is 1220. The summed E-state index contributed by atoms with van der Waals surface area (Å²) < 4.78 is 5.25. The summed E-state index contributed by atoms with van der Waals surface area (Å²) in [5.74, 6) is -0.770. The fourth-order valence-electron chi connectivity index (χ4n) is 4.03. The van der Waals surface area contributed by atoms with Crippen LogP contribution in [0, 0.1) is 6.92 Å². The molecule has 3 aromatic carbocycles. The highest BCUT2D eigenvalue weighted by Gasteiger charge is 2.44. The molecule has 0 saturated carbocycles. The highest BCUT2D eigenvalue weighted by Crippen LogP contribution is 2.42. The van der Waals surface area contributed by atoms with Crippen molar-refractivity contribution in [2.45, 2.75) is 25.8 Å². The minimum absolute atomic E-state index is 0.0952. The van der Waals surface area contributed by atoms with Crippen LogP contribution in [0.1, 0.15) is 29.2 Å². The first-order valence-corrected chi connectivity index (χ1v) is 11.0. The molecule has 1 heterocycles. The molecule has 4 rings (SSSR count). The van der Waals surface area contributed by atoms with E-state index in [1.54, 1.807) is 43.5 Å². The van der Waals surface area contributed by atoms with Gasteiger partial charge in [0.15, 0.2) is 11.5 Å². The zero-order chi connectivity index (χ0) is 23.5. The van der Waals surface area contributed by atoms with E-state index in [1.165, 1.54) is 4.90 Å². The Morgan fingerprint density at radius 2 is 1.76 bits per heavy atom. The summed E-state index contributed by atoms with van der Waals surface area (Å²) in [4.78, 5) is 28.0. The van der Waals surface area contributed by atoms with Crippen molar-refractivity contribution in [3.05, 3.63) is 106 Å². The smallest absolute Gasteiger partial charge is 0.294 e. The fraction of sp³-hybridized carbons (Fsp3) is 0.185. The van der Waals surface area contributed by atoms with Crippen LogP contribution in [0.2, 0.25) is 5.02 Å². The molecule has 33 heavy (non-hydrogen) atoms. The standard InChI is InChI=1S/C27H24ClNO4/c1-17-8-12-20(16-22(17)28)29-25(19-10-13-21(33-2)14-11-19)24(26(31)27(29)32)23(30)15-9-18-6-4-3-5-7-18/h3-8,10-14,16,25,31H,9,15H2,1-2H3. The number of hydrogen-bond acceptors (Lipinski definition) is 4. The van der Waals surface area contributed by atoms with Crippen LogP contribution >= 0.6 is 11.6 Å². The maximum absolute atomic E-state index is 13.3. The molecule has 3 aromatic rings. The van der Waals surface area contributed by atoms with Gasteiger partial charge in [-0.15, -0.1) is 0 Å². The molecule has 0 bridgehead atoms. The van der Waals surface area contributed by atoms with E-state index >= 15 is 0 Å². The van der Waals surface area contributed by atoms with Crippen molar-refractivity contribution in [1.29, 1.82) is 0 Å². The van der Waals surface area contributed by atoms with E-state index in [-0.39, 0.29) is 17.8 Å². The summed E-state index contributed by atoms with van der Waals surface area (Å²) in [6.07, 6.45) is 0.683. The van der Waals surface area contributed by atoms with Gasteiger partial charge in [-0.1, -0.05) is 60.1 Å². The van der Waals surface area contributed by atoms with Crippen LogP contribution in [-0.2, 0) is 16.0 Å². The van der Waals surface area contributed by atoms with Crippen molar-refractivity contribution in [1.82, 2.24) is 0 Å². The number of hydrogen-bond donors (Lipinski definition) is 1. The Hall–Kier alpha value is -3.57. The van der Waals surface area contributed by atoms with Gasteiger partial charge in [0.25, 0.3) is 5.91 Å². The highest BCUT2D eigenvalue weighted by molar-refractivity contribution is 6.31. The maximum atomic E-state index is 13.3. The monoisotopic (exact) mass is 461 g/mol. The lowest BCUT2D eigenvalue weighted by Gasteiger charge is -2.27. The van der Waals surface area contributed by atoms with Gasteiger partial charge in [-0.25, -0.2) is 0 Å². The number of ketones is 1. The summed E-state index contributed by atoms with van der Waals surface area (Å²) >= 11 is 6.33. The van der Waals surface area contributed by atoms with Gasteiger partial charge in [0.2, 0.25) is 0 Å². The molecular weight excluding hydrogens is 438 g/mol. The molecule has 0 radical (unpaired) electrons. The second kappa shape index (κ2) is 9.51. The highest BCUT2D eigenvalue weighted by atomic mass is 35.5. The van der Waals surface area contributed by atoms with E-state index < -0.39 is 17.7 Å². The number of nitrogens with zero attached hydrogens (tertiary/aromatic N) is 1. The van der Waals surface area contributed by atoms with Gasteiger partial charge >= 0.3 is 0 Å². The van der Waals surface area contributed by atoms with E-state index in [1.807, 2.05) is 43.3 Å². The first-order chi connectivity index (χ1) is 15.9. The van der Waals surface area contributed by atoms with Gasteiger partial charge in [-0.2, -0.15) is 0 Å². The Labute approximate surface area is 197 Å². The quantitative estimate of drug-likeness (QED) is 0.485. The summed E-state index contributed by atoms with van der Waals surface area (Å²) in [5, 5.41) is 11.3. The number of carbonyl (C=O) groups is 2. The zero-order valence-electron chi connectivity index (χ0n) is 18.4. The van der Waals surface area contributed by atoms with Gasteiger partial charge in [-0.3, -0.25) is 14.5 Å². The van der Waals surface area contributed by atoms with Gasteiger partial charge in [0, 0.05) is 17.1 Å². The topological polar surface area (TPSA) is 66.8 Å². The number of benzene rings is 3. The van der Waals surface area contributed by atoms with Gasteiger partial charge in [0.05, 0.1) is 18.7 Å². The average molecular weight is 462 g/mol. The van der Waals surface area contributed by atoms with E-state index in [0.29, 0.717) is 28.4 Å². The van der Waals surface area contributed by atoms with Crippen LogP contribution in [0.3, 0.4) is 0 Å². The second-order valence-corrected chi connectivity index (χ2v) is 8.36. The molecule has 6 heteroatoms. The lowest BCUT2D eigenvalue weighted by Crippen LogP contribution is -2.31. The Kier molecular flexibility index (Phi) is 6.52. The second-order valence-electron chi connectivity index (χ2n) is 7.96. The average Bonchev–Trinajstić information content (AvgIpc) is 3.10. The van der Waals surface area contributed by atoms with Crippen LogP contribution in [0.25, 0.3) is 0 Å². The van der Waals surface area contributed by atoms with Crippen LogP contribution in [0.15, 0.2) is 84.1 Å². The minimum Gasteiger partial charge on any atom is -0.503 e. The number of Topliss-reactive ketones (excluding diaryl/α,β-unsaturated/α-hetero) is 1. The number of amides is 1. The largest absolute Gasteiger partial charge is 0.503 e. The molecule has 0 spiro atoms. The van der Waals surface area contributed by atoms with Crippen LogP contribution in [-0.4, -0.2) is 23.9 Å². The number of ether oxygens (including phenoxy) is 1. The number of halogens is 1. The van der Waals surface area contributed by atoms with Crippen molar-refractivity contribution in [3.63, 3.8) is 0 Å². The number of aliphatic hydroxyl groups is 1. The van der Waals surface area contributed by atoms with Gasteiger partial charge in [0.1, 0.15) is 5.75 Å². The van der Waals surface area contributed by atoms with E-state index in [9.17, 15) is 14.7 Å². The van der Waals surface area contributed by atoms with Crippen molar-refractivity contribution >= 4 is 29.0 Å². The third-order valence-corrected chi connectivity index (χ3v) is 6.26. The van der Waals surface area contributed by atoms with Crippen LogP contribution in [0.4, 0.5) is 5.69 Å². The number of anilines is 1. The molecule has 1 unspecified atom stereocenters. The number of aryl methyl sites for hydroxylation is 2. The number of methoxy groups -OCH3 is 1. The molecule has 0 aliphatic carbocycles. The predicted molar refractivity (Wildman–Crippen MR) is 129 cm³/mol. The number of carbonyl (C=O) groups excluding carboxylic acids is 2. The third kappa shape index (κ3) is 4.50. The molecule has 1 aliphatic rings. The lowest BCUT2D eigenvalue weighted by molar-refractivity contribution is -0.118. The van der Waals surface area contributed by atoms with Crippen LogP contribution in [0.5, 0.6) is 5.75 Å². The first-order valence-electron chi connectivity index (χ1n) is 10.6. The predicted octanol–water partition coefficient (Wildman–Crippen LogP) is 5.76. The molecule has 1 atom stereocenters. The van der Waals surface area contributed by atoms with Crippen molar-refractivity contribution in [2.75, 3.05) is 12.0 Å². The molecule has 0 saturated heterocycles. The molecule has 0 fully saturated rings. The van der Waals surface area contributed by atoms with E-state index in [0.717, 1.165) is 11.1 Å². The van der Waals surface area contributed by atoms with Gasteiger partial charge in [-0.05, 0) is 54.3 Å². The zero-order valence-corrected chi connectivity index (χ0v) is 19.2. The molecule has 5 nitrogen and oxygen atoms in total. The fourth-order valence-corrected chi connectivity index (χ4v) is 4.20. The lowest BCUT2D eigenvalue weighted by atomic mass is 9.93. The maximum Gasteiger partial charge on any atom is 0.294 e. The van der Waals surface area contributed by atoms with E-state index in [2.05, 4.69) is 0 Å². The van der Waals surface area contributed by atoms with Crippen molar-refractivity contribution < 1.29 is 19.4 Å². The SMILES string of the molecule is COc1ccc(C2C(C(=O)CCc3ccccc3)=C(O)C(=O)N2c2ccc(C)c(Cl)c2)cc1. The number of rotatable bonds is 7. The molecule has 1 amide bonds. The summed E-state index contributed by atoms with van der Waals surface area (Å²) in [7, 11) is 1.57. The molecule has 1 aliphatic heterocycles. The molecule has 1 N–H and O–H groups in total. The Balaban J connectivity index is 1.74. The first kappa shape index (κ1) is 22.6. The third-order valence-electron chi connectivity index (χ3n) is 5.86. The molecule has 0 aromatic heterocycles. The van der Waals surface area contributed by atoms with Crippen LogP contribution < -0.4 is 9.64 Å². The van der Waals surface area contributed by atoms with Crippen molar-refractivity contribution in [2.24, 2.45) is 0 Å². The van der Waals surface area contributed by atoms with Crippen molar-refractivity contribution in [3.8, 4) is 5.75 Å². The van der Waals surface area contributed by atoms with E-state index in [4.69, 9.17) is 16.3 Å².